The van der Waals surface area contributed by atoms with Gasteiger partial charge in [-0.05, 0) is 37.9 Å². The van der Waals surface area contributed by atoms with Crippen molar-refractivity contribution < 1.29 is 37.9 Å². The van der Waals surface area contributed by atoms with Gasteiger partial charge in [-0.15, -0.1) is 0 Å². The third-order valence-corrected chi connectivity index (χ3v) is 11.6. The Morgan fingerprint density at radius 1 is 1.18 bits per heavy atom. The highest BCUT2D eigenvalue weighted by molar-refractivity contribution is 6.74. The Morgan fingerprint density at radius 3 is 2.26 bits per heavy atom. The highest BCUT2D eigenvalue weighted by Crippen LogP contribution is 2.40. The zero-order valence-corrected chi connectivity index (χ0v) is 24.6. The molecule has 1 heterocycles. The second-order valence-electron chi connectivity index (χ2n) is 10.9. The maximum absolute atomic E-state index is 13.5. The van der Waals surface area contributed by atoms with Gasteiger partial charge in [-0.3, -0.25) is 9.59 Å². The zero-order chi connectivity index (χ0) is 29.3. The molecule has 0 unspecified atom stereocenters. The molecule has 12 heteroatoms. The third-order valence-electron chi connectivity index (χ3n) is 7.07. The molecule has 0 radical (unpaired) electrons. The average Bonchev–Trinajstić information content (AvgIpc) is 2.81. The van der Waals surface area contributed by atoms with Gasteiger partial charge >= 0.3 is 17.8 Å². The minimum absolute atomic E-state index is 0.0648. The number of ketones is 1. The standard InChI is InChI=1S/C26H42N4O7Si/c1-10-15-35-24(33)21(29-27)22(31)18(13-12-14-30(7)25(34)36-16-11-2)20-19(23(32)28-20)17(3)37-38(8,9)26(4,5)6/h10-11,17-20H,1-2,12-16H2,3-9H3,(H,28,32)/t17-,18-,19-,20-/m1/s1. The first-order chi connectivity index (χ1) is 17.6. The van der Waals surface area contributed by atoms with Crippen LogP contribution in [0.2, 0.25) is 18.1 Å². The second-order valence-corrected chi connectivity index (χ2v) is 15.6. The number of carbonyl (C=O) groups excluding carboxylic acids is 4. The molecular formula is C26H42N4O7Si. The van der Waals surface area contributed by atoms with Crippen LogP contribution in [0.1, 0.15) is 40.5 Å². The van der Waals surface area contributed by atoms with Gasteiger partial charge < -0.3 is 29.6 Å². The summed E-state index contributed by atoms with van der Waals surface area (Å²) in [6, 6.07) is -0.670. The van der Waals surface area contributed by atoms with Crippen molar-refractivity contribution in [2.75, 3.05) is 26.8 Å². The van der Waals surface area contributed by atoms with Crippen LogP contribution >= 0.6 is 0 Å². The Bertz CT molecular complexity index is 969. The van der Waals surface area contributed by atoms with Gasteiger partial charge in [-0.2, -0.15) is 4.79 Å². The number of β-lactam (4-membered cyclic amide) rings is 1. The van der Waals surface area contributed by atoms with Gasteiger partial charge in [0.2, 0.25) is 5.91 Å². The van der Waals surface area contributed by atoms with E-state index in [4.69, 9.17) is 13.9 Å². The molecule has 1 rings (SSSR count). The van der Waals surface area contributed by atoms with Crippen molar-refractivity contribution in [3.8, 4) is 0 Å². The molecule has 1 saturated heterocycles. The van der Waals surface area contributed by atoms with Crippen LogP contribution in [0.5, 0.6) is 0 Å². The van der Waals surface area contributed by atoms with E-state index in [1.807, 2.05) is 0 Å². The topological polar surface area (TPSA) is 148 Å². The van der Waals surface area contributed by atoms with E-state index >= 15 is 0 Å². The fourth-order valence-corrected chi connectivity index (χ4v) is 5.34. The average molecular weight is 551 g/mol. The Labute approximate surface area is 226 Å². The summed E-state index contributed by atoms with van der Waals surface area (Å²) < 4.78 is 16.4. The zero-order valence-electron chi connectivity index (χ0n) is 23.6. The fourth-order valence-electron chi connectivity index (χ4n) is 3.91. The van der Waals surface area contributed by atoms with E-state index in [0.717, 1.165) is 0 Å². The van der Waals surface area contributed by atoms with E-state index in [1.54, 1.807) is 14.0 Å². The largest absolute Gasteiger partial charge is 0.453 e. The highest BCUT2D eigenvalue weighted by atomic mass is 28.4. The SMILES string of the molecule is C=CCOC(=O)C(=[N+]=[N-])C(=O)[C@H](CCCN(C)C(=O)OCC=C)[C@H]1NC(=O)[C@@H]1[C@@H](C)O[Si](C)(C)C(C)(C)C. The lowest BCUT2D eigenvalue weighted by Gasteiger charge is -2.47. The van der Waals surface area contributed by atoms with Gasteiger partial charge in [-0.25, -0.2) is 9.59 Å². The molecule has 0 aromatic heterocycles. The lowest BCUT2D eigenvalue weighted by molar-refractivity contribution is -0.146. The number of amides is 2. The molecule has 38 heavy (non-hydrogen) atoms. The van der Waals surface area contributed by atoms with Gasteiger partial charge in [-0.1, -0.05) is 46.1 Å². The molecule has 1 aliphatic heterocycles. The quantitative estimate of drug-likeness (QED) is 0.0481. The second kappa shape index (κ2) is 14.2. The number of Topliss-reactive ketones (excluding diaryl/α,β-unsaturated/α-hetero) is 1. The number of nitrogens with one attached hydrogen (secondary N) is 1. The Morgan fingerprint density at radius 2 is 1.76 bits per heavy atom. The van der Waals surface area contributed by atoms with Crippen molar-refractivity contribution in [3.05, 3.63) is 30.8 Å². The summed E-state index contributed by atoms with van der Waals surface area (Å²) in [6.07, 6.45) is 2.24. The van der Waals surface area contributed by atoms with Crippen molar-refractivity contribution in [3.63, 3.8) is 0 Å². The first-order valence-corrected chi connectivity index (χ1v) is 15.5. The van der Waals surface area contributed by atoms with Crippen LogP contribution in [0.3, 0.4) is 0 Å². The number of rotatable bonds is 15. The smallest absolute Gasteiger partial charge is 0.441 e. The molecule has 0 saturated carbocycles. The number of esters is 1. The minimum atomic E-state index is -2.24. The van der Waals surface area contributed by atoms with E-state index in [9.17, 15) is 24.7 Å². The number of nitrogens with zero attached hydrogens (tertiary/aromatic N) is 3. The van der Waals surface area contributed by atoms with E-state index in [1.165, 1.54) is 17.1 Å². The van der Waals surface area contributed by atoms with Gasteiger partial charge in [0.15, 0.2) is 8.32 Å². The van der Waals surface area contributed by atoms with Crippen molar-refractivity contribution in [1.29, 1.82) is 0 Å². The Hall–Kier alpha value is -3.08. The molecule has 11 nitrogen and oxygen atoms in total. The first-order valence-electron chi connectivity index (χ1n) is 12.6. The van der Waals surface area contributed by atoms with Crippen LogP contribution in [-0.4, -0.2) is 86.4 Å². The predicted molar refractivity (Wildman–Crippen MR) is 145 cm³/mol. The number of hydrogen-bond donors (Lipinski definition) is 1. The van der Waals surface area contributed by atoms with Crippen LogP contribution in [0, 0.1) is 11.8 Å². The normalized spacial score (nSPS) is 18.6. The first kappa shape index (κ1) is 32.9. The van der Waals surface area contributed by atoms with Crippen LogP contribution in [-0.2, 0) is 28.3 Å². The molecule has 1 aliphatic rings. The van der Waals surface area contributed by atoms with Crippen molar-refractivity contribution in [2.45, 2.75) is 70.8 Å². The van der Waals surface area contributed by atoms with E-state index in [-0.39, 0.29) is 37.1 Å². The summed E-state index contributed by atoms with van der Waals surface area (Å²) in [5.74, 6) is -3.71. The van der Waals surface area contributed by atoms with Gasteiger partial charge in [0.05, 0.1) is 24.0 Å². The molecule has 0 spiro atoms. The van der Waals surface area contributed by atoms with Crippen LogP contribution < -0.4 is 5.32 Å². The van der Waals surface area contributed by atoms with Gasteiger partial charge in [0.1, 0.15) is 13.2 Å². The van der Waals surface area contributed by atoms with Crippen molar-refractivity contribution >= 4 is 37.8 Å². The maximum atomic E-state index is 13.5. The molecule has 4 atom stereocenters. The highest BCUT2D eigenvalue weighted by Gasteiger charge is 2.53. The summed E-state index contributed by atoms with van der Waals surface area (Å²) in [5, 5.41) is 2.69. The summed E-state index contributed by atoms with van der Waals surface area (Å²) in [5.41, 5.74) is 8.71. The van der Waals surface area contributed by atoms with E-state index < -0.39 is 55.9 Å². The molecule has 0 aromatic rings. The molecule has 0 aromatic carbocycles. The molecule has 0 bridgehead atoms. The summed E-state index contributed by atoms with van der Waals surface area (Å²) in [4.78, 5) is 54.9. The number of carbonyl (C=O) groups is 4. The molecule has 1 fully saturated rings. The fraction of sp³-hybridized carbons (Fsp3) is 0.654. The van der Waals surface area contributed by atoms with E-state index in [0.29, 0.717) is 6.42 Å². The summed E-state index contributed by atoms with van der Waals surface area (Å²) in [7, 11) is -0.683. The number of ether oxygens (including phenoxy) is 2. The lowest BCUT2D eigenvalue weighted by Crippen LogP contribution is -2.67. The summed E-state index contributed by atoms with van der Waals surface area (Å²) >= 11 is 0. The van der Waals surface area contributed by atoms with Crippen LogP contribution in [0.4, 0.5) is 4.79 Å². The Kier molecular flexibility index (Phi) is 12.3. The van der Waals surface area contributed by atoms with E-state index in [2.05, 4.69) is 57.1 Å². The maximum Gasteiger partial charge on any atom is 0.441 e. The molecular weight excluding hydrogens is 508 g/mol. The third kappa shape index (κ3) is 8.47. The molecule has 212 valence electrons. The summed E-state index contributed by atoms with van der Waals surface area (Å²) in [6.45, 7) is 19.3. The van der Waals surface area contributed by atoms with Crippen LogP contribution in [0.15, 0.2) is 25.3 Å². The minimum Gasteiger partial charge on any atom is -0.453 e. The van der Waals surface area contributed by atoms with Crippen LogP contribution in [0.25, 0.3) is 5.53 Å². The van der Waals surface area contributed by atoms with Gasteiger partial charge in [0.25, 0.3) is 5.78 Å². The predicted octanol–water partition coefficient (Wildman–Crippen LogP) is 3.13. The van der Waals surface area contributed by atoms with Gasteiger partial charge in [0, 0.05) is 13.6 Å². The number of hydrogen-bond acceptors (Lipinski definition) is 7. The Balaban J connectivity index is 3.18. The lowest BCUT2D eigenvalue weighted by atomic mass is 9.74. The van der Waals surface area contributed by atoms with Crippen molar-refractivity contribution in [2.24, 2.45) is 11.8 Å². The van der Waals surface area contributed by atoms with Crippen molar-refractivity contribution in [1.82, 2.24) is 10.2 Å². The molecule has 1 N–H and O–H groups in total. The molecule has 0 aliphatic carbocycles. The monoisotopic (exact) mass is 550 g/mol. The molecule has 2 amide bonds.